The number of unbranched alkanes of at least 4 members (excludes halogenated alkanes) is 2. The van der Waals surface area contributed by atoms with Gasteiger partial charge in [-0.2, -0.15) is 13.2 Å². The first kappa shape index (κ1) is 33.0. The molecule has 0 amide bonds. The van der Waals surface area contributed by atoms with E-state index in [0.717, 1.165) is 23.8 Å². The molecule has 4 N–H and O–H groups in total. The summed E-state index contributed by atoms with van der Waals surface area (Å²) in [6.07, 6.45) is 0.0480. The van der Waals surface area contributed by atoms with Gasteiger partial charge in [0.05, 0.1) is 5.56 Å². The van der Waals surface area contributed by atoms with Gasteiger partial charge in [0.1, 0.15) is 17.5 Å². The largest absolute Gasteiger partial charge is 0.416 e. The third kappa shape index (κ3) is 11.6. The summed E-state index contributed by atoms with van der Waals surface area (Å²) >= 11 is 0. The zero-order valence-corrected chi connectivity index (χ0v) is 21.4. The third-order valence-corrected chi connectivity index (χ3v) is 5.06. The number of nitrogens with two attached hydrogens (primary N) is 2. The van der Waals surface area contributed by atoms with Gasteiger partial charge in [0.2, 0.25) is 0 Å². The van der Waals surface area contributed by atoms with Crippen LogP contribution in [0.3, 0.4) is 0 Å². The summed E-state index contributed by atoms with van der Waals surface area (Å²) in [4.78, 5) is 0. The van der Waals surface area contributed by atoms with Crippen molar-refractivity contribution < 1.29 is 26.3 Å². The maximum absolute atomic E-state index is 13.4. The van der Waals surface area contributed by atoms with E-state index in [4.69, 9.17) is 5.73 Å². The second kappa shape index (κ2) is 16.6. The van der Waals surface area contributed by atoms with Crippen LogP contribution in [0, 0.1) is 31.3 Å². The van der Waals surface area contributed by atoms with Crippen molar-refractivity contribution in [3.05, 3.63) is 99.9 Å². The van der Waals surface area contributed by atoms with Crippen LogP contribution in [0.25, 0.3) is 0 Å². The molecule has 0 aliphatic heterocycles. The zero-order valence-electron chi connectivity index (χ0n) is 21.4. The topological polar surface area (TPSA) is 52.0 Å². The Labute approximate surface area is 210 Å². The Morgan fingerprint density at radius 1 is 0.750 bits per heavy atom. The van der Waals surface area contributed by atoms with E-state index in [1.807, 2.05) is 18.2 Å². The van der Waals surface area contributed by atoms with Gasteiger partial charge in [0, 0.05) is 11.8 Å². The number of hydrogen-bond acceptors (Lipinski definition) is 2. The van der Waals surface area contributed by atoms with Crippen molar-refractivity contribution in [3.63, 3.8) is 0 Å². The number of halogens is 6. The van der Waals surface area contributed by atoms with Crippen LogP contribution in [0.15, 0.2) is 54.6 Å². The predicted octanol–water partition coefficient (Wildman–Crippen LogP) is 8.37. The first-order chi connectivity index (χ1) is 16.9. The van der Waals surface area contributed by atoms with Crippen LogP contribution in [0.4, 0.5) is 32.0 Å². The van der Waals surface area contributed by atoms with Gasteiger partial charge in [0.15, 0.2) is 0 Å². The summed E-state index contributed by atoms with van der Waals surface area (Å²) in [6.45, 7) is 7.36. The van der Waals surface area contributed by atoms with Crippen LogP contribution >= 0.6 is 0 Å². The highest BCUT2D eigenvalue weighted by atomic mass is 19.4. The Bertz CT molecular complexity index is 1050. The van der Waals surface area contributed by atoms with Gasteiger partial charge in [-0.1, -0.05) is 57.4 Å². The van der Waals surface area contributed by atoms with Crippen molar-refractivity contribution in [2.75, 3.05) is 12.8 Å². The molecule has 0 saturated heterocycles. The molecule has 0 aliphatic carbocycles. The molecule has 0 atom stereocenters. The van der Waals surface area contributed by atoms with Crippen LogP contribution in [-0.4, -0.2) is 7.05 Å². The summed E-state index contributed by atoms with van der Waals surface area (Å²) in [6, 6.07) is 12.2. The molecule has 0 heterocycles. The second-order valence-electron chi connectivity index (χ2n) is 7.86. The van der Waals surface area contributed by atoms with E-state index in [2.05, 4.69) is 19.6 Å². The van der Waals surface area contributed by atoms with Gasteiger partial charge in [-0.3, -0.25) is 0 Å². The normalized spacial score (nSPS) is 10.2. The maximum atomic E-state index is 13.4. The Kier molecular flexibility index (Phi) is 15.2. The van der Waals surface area contributed by atoms with Crippen LogP contribution in [-0.2, 0) is 12.6 Å². The van der Waals surface area contributed by atoms with Gasteiger partial charge in [-0.15, -0.1) is 0 Å². The molecule has 3 rings (SSSR count). The van der Waals surface area contributed by atoms with E-state index in [1.165, 1.54) is 39.3 Å². The second-order valence-corrected chi connectivity index (χ2v) is 7.86. The fraction of sp³-hybridized carbons (Fsp3) is 0.357. The molecule has 0 unspecified atom stereocenters. The summed E-state index contributed by atoms with van der Waals surface area (Å²) in [5.74, 6) is -1.94. The monoisotopic (exact) mass is 514 g/mol. The molecule has 0 aromatic heterocycles. The molecule has 0 fully saturated rings. The molecule has 8 heteroatoms. The Morgan fingerprint density at radius 2 is 1.33 bits per heavy atom. The number of hydrogen-bond donors (Lipinski definition) is 2. The summed E-state index contributed by atoms with van der Waals surface area (Å²) < 4.78 is 75.1. The minimum absolute atomic E-state index is 0.0314. The molecule has 0 spiro atoms. The van der Waals surface area contributed by atoms with Crippen LogP contribution in [0.5, 0.6) is 0 Å². The van der Waals surface area contributed by atoms with Crippen molar-refractivity contribution in [1.82, 2.24) is 0 Å². The lowest BCUT2D eigenvalue weighted by atomic mass is 9.99. The molecule has 2 nitrogen and oxygen atoms in total. The Hall–Kier alpha value is -3.00. The standard InChI is InChI=1S/C14H13F2N.C8H6F4.C5H12.CH5N/c1-9-11(7-12(15)8-13(9)16)6-10-4-2-3-5-14(10)17;1-5-2-3-6(9)4-7(5)8(10,11)12;1-3-5-4-2;1-2/h2-5,7-8H,6,17H2,1H3;2-4H,1H3;3-5H2,1-2H3;2H2,1H3. The zero-order chi connectivity index (χ0) is 27.9. The highest BCUT2D eigenvalue weighted by molar-refractivity contribution is 5.49. The number of alkyl halides is 3. The lowest BCUT2D eigenvalue weighted by Gasteiger charge is -2.09. The molecule has 0 radical (unpaired) electrons. The van der Waals surface area contributed by atoms with E-state index >= 15 is 0 Å². The van der Waals surface area contributed by atoms with Crippen molar-refractivity contribution in [2.24, 2.45) is 5.73 Å². The minimum atomic E-state index is -4.47. The van der Waals surface area contributed by atoms with E-state index in [0.29, 0.717) is 29.3 Å². The smallest absolute Gasteiger partial charge is 0.398 e. The number of anilines is 1. The first-order valence-electron chi connectivity index (χ1n) is 11.6. The number of rotatable bonds is 4. The lowest BCUT2D eigenvalue weighted by molar-refractivity contribution is -0.138. The molecular weight excluding hydrogens is 478 g/mol. The molecule has 3 aromatic carbocycles. The maximum Gasteiger partial charge on any atom is 0.416 e. The van der Waals surface area contributed by atoms with Gasteiger partial charge >= 0.3 is 6.18 Å². The summed E-state index contributed by atoms with van der Waals surface area (Å²) in [5.41, 5.74) is 12.0. The average molecular weight is 515 g/mol. The third-order valence-electron chi connectivity index (χ3n) is 5.06. The minimum Gasteiger partial charge on any atom is -0.398 e. The van der Waals surface area contributed by atoms with Crippen molar-refractivity contribution in [3.8, 4) is 0 Å². The average Bonchev–Trinajstić information content (AvgIpc) is 2.82. The van der Waals surface area contributed by atoms with Gasteiger partial charge < -0.3 is 11.5 Å². The van der Waals surface area contributed by atoms with E-state index in [1.54, 1.807) is 13.0 Å². The van der Waals surface area contributed by atoms with E-state index < -0.39 is 29.2 Å². The number of benzene rings is 3. The molecule has 36 heavy (non-hydrogen) atoms. The molecule has 0 aliphatic rings. The lowest BCUT2D eigenvalue weighted by Crippen LogP contribution is -2.07. The molecule has 0 bridgehead atoms. The van der Waals surface area contributed by atoms with Gasteiger partial charge in [-0.25, -0.2) is 13.2 Å². The SMILES string of the molecule is CCCCC.CN.Cc1c(F)cc(F)cc1Cc1ccccc1N.Cc1ccc(F)cc1C(F)(F)F. The summed E-state index contributed by atoms with van der Waals surface area (Å²) in [5, 5.41) is 0. The van der Waals surface area contributed by atoms with Crippen molar-refractivity contribution in [2.45, 2.75) is 59.6 Å². The molecule has 3 aromatic rings. The van der Waals surface area contributed by atoms with Gasteiger partial charge in [0.25, 0.3) is 0 Å². The highest BCUT2D eigenvalue weighted by Gasteiger charge is 2.32. The molecule has 200 valence electrons. The number of nitrogen functional groups attached to an aromatic ring is 1. The highest BCUT2D eigenvalue weighted by Crippen LogP contribution is 2.31. The Morgan fingerprint density at radius 3 is 1.81 bits per heavy atom. The van der Waals surface area contributed by atoms with Crippen LogP contribution < -0.4 is 11.5 Å². The quantitative estimate of drug-likeness (QED) is 0.271. The fourth-order valence-electron chi connectivity index (χ4n) is 3.04. The Balaban J connectivity index is 0.000000562. The van der Waals surface area contributed by atoms with Crippen LogP contribution in [0.2, 0.25) is 0 Å². The van der Waals surface area contributed by atoms with Crippen molar-refractivity contribution in [1.29, 1.82) is 0 Å². The molecule has 0 saturated carbocycles. The van der Waals surface area contributed by atoms with E-state index in [9.17, 15) is 26.3 Å². The number of para-hydroxylation sites is 1. The number of aryl methyl sites for hydroxylation is 1. The molecular formula is C28H36F6N2. The predicted molar refractivity (Wildman–Crippen MR) is 136 cm³/mol. The van der Waals surface area contributed by atoms with E-state index in [-0.39, 0.29) is 5.56 Å². The van der Waals surface area contributed by atoms with Crippen LogP contribution in [0.1, 0.15) is 60.9 Å². The fourth-order valence-corrected chi connectivity index (χ4v) is 3.04. The van der Waals surface area contributed by atoms with Gasteiger partial charge in [-0.05, 0) is 73.8 Å². The first-order valence-corrected chi connectivity index (χ1v) is 11.6. The van der Waals surface area contributed by atoms with Crippen molar-refractivity contribution >= 4 is 5.69 Å². The summed E-state index contributed by atoms with van der Waals surface area (Å²) in [7, 11) is 1.50.